The van der Waals surface area contributed by atoms with Crippen LogP contribution in [0.15, 0.2) is 18.2 Å². The maximum atomic E-state index is 14.3. The van der Waals surface area contributed by atoms with Crippen molar-refractivity contribution in [3.8, 4) is 0 Å². The highest BCUT2D eigenvalue weighted by atomic mass is 32.2. The minimum atomic E-state index is -3.28. The lowest BCUT2D eigenvalue weighted by Crippen LogP contribution is -2.48. The monoisotopic (exact) mass is 318 g/mol. The molecule has 2 rings (SSSR count). The van der Waals surface area contributed by atoms with E-state index >= 15 is 0 Å². The van der Waals surface area contributed by atoms with Gasteiger partial charge in [-0.05, 0) is 18.6 Å². The summed E-state index contributed by atoms with van der Waals surface area (Å²) < 4.78 is 38.2. The third kappa shape index (κ3) is 3.10. The molecule has 20 heavy (non-hydrogen) atoms. The van der Waals surface area contributed by atoms with Crippen LogP contribution >= 0.6 is 11.8 Å². The van der Waals surface area contributed by atoms with E-state index in [2.05, 4.69) is 0 Å². The van der Waals surface area contributed by atoms with Crippen molar-refractivity contribution in [2.24, 2.45) is 5.73 Å². The van der Waals surface area contributed by atoms with Crippen LogP contribution in [0.5, 0.6) is 0 Å². The molecule has 1 aromatic rings. The van der Waals surface area contributed by atoms with Crippen molar-refractivity contribution in [1.82, 2.24) is 0 Å². The van der Waals surface area contributed by atoms with E-state index in [0.717, 1.165) is 5.75 Å². The molecule has 7 heteroatoms. The molecule has 0 aromatic heterocycles. The second kappa shape index (κ2) is 5.91. The van der Waals surface area contributed by atoms with Crippen molar-refractivity contribution in [2.75, 3.05) is 29.2 Å². The van der Waals surface area contributed by atoms with Crippen LogP contribution in [0.4, 0.5) is 10.1 Å². The topological polar surface area (TPSA) is 63.4 Å². The summed E-state index contributed by atoms with van der Waals surface area (Å²) in [6.07, 6.45) is 1.20. The third-order valence-corrected chi connectivity index (χ3v) is 6.02. The van der Waals surface area contributed by atoms with Crippen LogP contribution in [0.2, 0.25) is 0 Å². The first kappa shape index (κ1) is 15.6. The zero-order valence-corrected chi connectivity index (χ0v) is 13.2. The van der Waals surface area contributed by atoms with Crippen LogP contribution in [-0.4, -0.2) is 38.1 Å². The molecule has 1 aromatic carbocycles. The summed E-state index contributed by atoms with van der Waals surface area (Å²) in [4.78, 5) is 1.65. The normalized spacial score (nSPS) is 21.8. The van der Waals surface area contributed by atoms with Crippen LogP contribution in [0.1, 0.15) is 18.5 Å². The van der Waals surface area contributed by atoms with Gasteiger partial charge in [-0.25, -0.2) is 12.8 Å². The zero-order valence-electron chi connectivity index (χ0n) is 11.5. The fourth-order valence-electron chi connectivity index (χ4n) is 2.39. The number of benzene rings is 1. The van der Waals surface area contributed by atoms with Crippen LogP contribution in [0.25, 0.3) is 0 Å². The van der Waals surface area contributed by atoms with Gasteiger partial charge in [0.15, 0.2) is 9.84 Å². The Morgan fingerprint density at radius 2 is 2.20 bits per heavy atom. The van der Waals surface area contributed by atoms with E-state index in [1.165, 1.54) is 12.3 Å². The molecule has 4 nitrogen and oxygen atoms in total. The number of thioether (sulfide) groups is 1. The lowest BCUT2D eigenvalue weighted by molar-refractivity contribution is 0.576. The molecule has 2 N–H and O–H groups in total. The van der Waals surface area contributed by atoms with E-state index in [1.54, 1.807) is 35.7 Å². The Morgan fingerprint density at radius 3 is 2.80 bits per heavy atom. The zero-order chi connectivity index (χ0) is 14.9. The van der Waals surface area contributed by atoms with E-state index in [-0.39, 0.29) is 6.04 Å². The van der Waals surface area contributed by atoms with Gasteiger partial charge in [0.25, 0.3) is 0 Å². The first-order valence-corrected chi connectivity index (χ1v) is 9.50. The smallest absolute Gasteiger partial charge is 0.169 e. The Labute approximate surface area is 123 Å². The molecule has 2 atom stereocenters. The molecule has 2 unspecified atom stereocenters. The molecule has 1 saturated heterocycles. The number of rotatable bonds is 3. The van der Waals surface area contributed by atoms with Crippen molar-refractivity contribution >= 4 is 27.3 Å². The lowest BCUT2D eigenvalue weighted by atomic mass is 10.1. The fourth-order valence-corrected chi connectivity index (χ4v) is 5.22. The van der Waals surface area contributed by atoms with Gasteiger partial charge in [0, 0.05) is 30.3 Å². The van der Waals surface area contributed by atoms with E-state index in [0.29, 0.717) is 23.5 Å². The highest BCUT2D eigenvalue weighted by Gasteiger charge is 2.34. The van der Waals surface area contributed by atoms with Crippen molar-refractivity contribution < 1.29 is 12.8 Å². The van der Waals surface area contributed by atoms with Gasteiger partial charge in [-0.1, -0.05) is 12.1 Å². The average Bonchev–Trinajstić information content (AvgIpc) is 2.37. The third-order valence-electron chi connectivity index (χ3n) is 3.37. The van der Waals surface area contributed by atoms with Crippen LogP contribution < -0.4 is 10.6 Å². The van der Waals surface area contributed by atoms with Crippen molar-refractivity contribution in [2.45, 2.75) is 18.3 Å². The van der Waals surface area contributed by atoms with Gasteiger partial charge in [-0.3, -0.25) is 0 Å². The van der Waals surface area contributed by atoms with Crippen molar-refractivity contribution in [3.63, 3.8) is 0 Å². The SMILES string of the molecule is CC(N)c1cccc(F)c1N1CCSCC1S(C)(=O)=O. The number of nitrogens with two attached hydrogens (primary N) is 1. The molecular formula is C13H19FN2O2S2. The lowest BCUT2D eigenvalue weighted by Gasteiger charge is -2.37. The molecule has 1 heterocycles. The fraction of sp³-hybridized carbons (Fsp3) is 0.538. The van der Waals surface area contributed by atoms with Gasteiger partial charge in [-0.2, -0.15) is 11.8 Å². The molecule has 0 radical (unpaired) electrons. The summed E-state index contributed by atoms with van der Waals surface area (Å²) in [6.45, 7) is 2.27. The minimum Gasteiger partial charge on any atom is -0.351 e. The Morgan fingerprint density at radius 1 is 1.50 bits per heavy atom. The number of hydrogen-bond acceptors (Lipinski definition) is 5. The summed E-state index contributed by atoms with van der Waals surface area (Å²) in [5.41, 5.74) is 6.87. The number of para-hydroxylation sites is 1. The Hall–Kier alpha value is -0.790. The quantitative estimate of drug-likeness (QED) is 0.920. The molecule has 0 aliphatic carbocycles. The average molecular weight is 318 g/mol. The van der Waals surface area contributed by atoms with Gasteiger partial charge < -0.3 is 10.6 Å². The van der Waals surface area contributed by atoms with Crippen LogP contribution in [0, 0.1) is 5.82 Å². The number of halogens is 1. The number of nitrogens with zero attached hydrogens (tertiary/aromatic N) is 1. The van der Waals surface area contributed by atoms with Gasteiger partial charge in [0.05, 0.1) is 5.69 Å². The van der Waals surface area contributed by atoms with Gasteiger partial charge in [0.2, 0.25) is 0 Å². The molecule has 1 aliphatic rings. The Bertz CT molecular complexity index is 590. The first-order valence-electron chi connectivity index (χ1n) is 6.39. The predicted octanol–water partition coefficient (Wildman–Crippen LogP) is 1.77. The van der Waals surface area contributed by atoms with E-state index in [1.807, 2.05) is 0 Å². The molecule has 0 saturated carbocycles. The molecule has 1 fully saturated rings. The maximum Gasteiger partial charge on any atom is 0.169 e. The first-order chi connectivity index (χ1) is 9.32. The summed E-state index contributed by atoms with van der Waals surface area (Å²) in [5.74, 6) is 0.810. The summed E-state index contributed by atoms with van der Waals surface area (Å²) in [7, 11) is -3.28. The number of sulfone groups is 1. The summed E-state index contributed by atoms with van der Waals surface area (Å²) in [5, 5.41) is -0.698. The van der Waals surface area contributed by atoms with Crippen LogP contribution in [0.3, 0.4) is 0 Å². The summed E-state index contributed by atoms with van der Waals surface area (Å²) in [6, 6.07) is 4.36. The second-order valence-corrected chi connectivity index (χ2v) is 8.37. The van der Waals surface area contributed by atoms with E-state index in [9.17, 15) is 12.8 Å². The highest BCUT2D eigenvalue weighted by molar-refractivity contribution is 8.01. The standard InChI is InChI=1S/C13H19FN2O2S2/c1-9(15)10-4-3-5-11(14)13(10)16-6-7-19-8-12(16)20(2,17)18/h3-5,9,12H,6-8,15H2,1-2H3. The highest BCUT2D eigenvalue weighted by Crippen LogP contribution is 2.33. The number of hydrogen-bond donors (Lipinski definition) is 1. The van der Waals surface area contributed by atoms with Gasteiger partial charge in [0.1, 0.15) is 11.2 Å². The Kier molecular flexibility index (Phi) is 4.61. The van der Waals surface area contributed by atoms with Crippen molar-refractivity contribution in [1.29, 1.82) is 0 Å². The van der Waals surface area contributed by atoms with Gasteiger partial charge in [-0.15, -0.1) is 0 Å². The van der Waals surface area contributed by atoms with E-state index in [4.69, 9.17) is 5.73 Å². The largest absolute Gasteiger partial charge is 0.351 e. The molecule has 112 valence electrons. The predicted molar refractivity (Wildman–Crippen MR) is 82.3 cm³/mol. The molecule has 0 amide bonds. The molecule has 1 aliphatic heterocycles. The summed E-state index contributed by atoms with van der Waals surface area (Å²) >= 11 is 1.57. The molecule has 0 spiro atoms. The molecular weight excluding hydrogens is 299 g/mol. The number of anilines is 1. The van der Waals surface area contributed by atoms with E-state index < -0.39 is 21.0 Å². The second-order valence-electron chi connectivity index (χ2n) is 5.02. The minimum absolute atomic E-state index is 0.332. The molecule has 0 bridgehead atoms. The van der Waals surface area contributed by atoms with Gasteiger partial charge >= 0.3 is 0 Å². The van der Waals surface area contributed by atoms with Crippen molar-refractivity contribution in [3.05, 3.63) is 29.6 Å². The Balaban J connectivity index is 2.53. The maximum absolute atomic E-state index is 14.3. The van der Waals surface area contributed by atoms with Crippen LogP contribution in [-0.2, 0) is 9.84 Å².